The van der Waals surface area contributed by atoms with Gasteiger partial charge in [-0.1, -0.05) is 41.9 Å². The molecule has 0 bridgehead atoms. The fourth-order valence-electron chi connectivity index (χ4n) is 2.78. The quantitative estimate of drug-likeness (QED) is 0.795. The molecule has 3 nitrogen and oxygen atoms in total. The van der Waals surface area contributed by atoms with Gasteiger partial charge in [-0.15, -0.1) is 0 Å². The van der Waals surface area contributed by atoms with Crippen LogP contribution in [0.25, 0.3) is 0 Å². The first-order valence-corrected chi connectivity index (χ1v) is 7.01. The van der Waals surface area contributed by atoms with E-state index in [0.717, 1.165) is 28.5 Å². The second-order valence-electron chi connectivity index (χ2n) is 5.02. The predicted molar refractivity (Wildman–Crippen MR) is 79.1 cm³/mol. The average Bonchev–Trinajstić information content (AvgIpc) is 2.92. The molecule has 0 unspecified atom stereocenters. The Morgan fingerprint density at radius 3 is 2.75 bits per heavy atom. The van der Waals surface area contributed by atoms with Gasteiger partial charge in [0, 0.05) is 17.0 Å². The highest BCUT2D eigenvalue weighted by atomic mass is 35.5. The summed E-state index contributed by atoms with van der Waals surface area (Å²) in [5.41, 5.74) is 3.43. The van der Waals surface area contributed by atoms with Gasteiger partial charge >= 0.3 is 0 Å². The molecular formula is C16H13ClN2O. The lowest BCUT2D eigenvalue weighted by Gasteiger charge is -2.30. The average molecular weight is 285 g/mol. The first-order valence-electron chi connectivity index (χ1n) is 6.63. The van der Waals surface area contributed by atoms with E-state index in [-0.39, 0.29) is 6.04 Å². The molecular weight excluding hydrogens is 272 g/mol. The van der Waals surface area contributed by atoms with Crippen molar-refractivity contribution in [2.45, 2.75) is 12.5 Å². The zero-order chi connectivity index (χ0) is 13.5. The Labute approximate surface area is 122 Å². The molecule has 2 aromatic carbocycles. The number of hydrogen-bond acceptors (Lipinski definition) is 3. The van der Waals surface area contributed by atoms with Gasteiger partial charge < -0.3 is 4.74 Å². The molecule has 1 atom stereocenters. The molecule has 2 aliphatic rings. The maximum atomic E-state index is 5.94. The van der Waals surface area contributed by atoms with Gasteiger partial charge in [-0.3, -0.25) is 5.01 Å². The van der Waals surface area contributed by atoms with E-state index in [0.29, 0.717) is 6.73 Å². The van der Waals surface area contributed by atoms with Crippen LogP contribution in [0.2, 0.25) is 5.02 Å². The SMILES string of the molecule is Clc1ccc(C2=NN3COc4ccccc4[C@H]3C2)cc1. The fraction of sp³-hybridized carbons (Fsp3) is 0.188. The Morgan fingerprint density at radius 2 is 1.90 bits per heavy atom. The van der Waals surface area contributed by atoms with Crippen molar-refractivity contribution in [3.8, 4) is 5.75 Å². The van der Waals surface area contributed by atoms with Crippen LogP contribution < -0.4 is 4.74 Å². The topological polar surface area (TPSA) is 24.8 Å². The molecule has 0 radical (unpaired) electrons. The summed E-state index contributed by atoms with van der Waals surface area (Å²) in [4.78, 5) is 0. The third kappa shape index (κ3) is 1.86. The monoisotopic (exact) mass is 284 g/mol. The number of para-hydroxylation sites is 1. The number of hydrazone groups is 1. The van der Waals surface area contributed by atoms with Crippen LogP contribution in [0.1, 0.15) is 23.6 Å². The van der Waals surface area contributed by atoms with Gasteiger partial charge in [0.05, 0.1) is 11.8 Å². The Balaban J connectivity index is 1.67. The molecule has 2 aromatic rings. The van der Waals surface area contributed by atoms with E-state index in [9.17, 15) is 0 Å². The summed E-state index contributed by atoms with van der Waals surface area (Å²) in [7, 11) is 0. The summed E-state index contributed by atoms with van der Waals surface area (Å²) in [6.45, 7) is 0.513. The smallest absolute Gasteiger partial charge is 0.177 e. The molecule has 100 valence electrons. The van der Waals surface area contributed by atoms with Crippen molar-refractivity contribution in [2.24, 2.45) is 5.10 Å². The van der Waals surface area contributed by atoms with Gasteiger partial charge in [-0.25, -0.2) is 0 Å². The molecule has 0 fully saturated rings. The number of fused-ring (bicyclic) bond motifs is 3. The molecule has 0 saturated heterocycles. The molecule has 0 spiro atoms. The van der Waals surface area contributed by atoms with Crippen molar-refractivity contribution in [2.75, 3.05) is 6.73 Å². The number of rotatable bonds is 1. The van der Waals surface area contributed by atoms with Gasteiger partial charge in [0.1, 0.15) is 5.75 Å². The van der Waals surface area contributed by atoms with Gasteiger partial charge in [-0.05, 0) is 23.8 Å². The zero-order valence-corrected chi connectivity index (χ0v) is 11.5. The van der Waals surface area contributed by atoms with Crippen LogP contribution in [-0.4, -0.2) is 17.5 Å². The maximum absolute atomic E-state index is 5.94. The summed E-state index contributed by atoms with van der Waals surface area (Å²) in [6.07, 6.45) is 0.905. The van der Waals surface area contributed by atoms with Gasteiger partial charge in [0.25, 0.3) is 0 Å². The third-order valence-electron chi connectivity index (χ3n) is 3.80. The standard InChI is InChI=1S/C16H13ClN2O/c17-12-7-5-11(6-8-12)14-9-15-13-3-1-2-4-16(13)20-10-19(15)18-14/h1-8,15H,9-10H2/t15-/m1/s1. The molecule has 2 heterocycles. The van der Waals surface area contributed by atoms with E-state index in [1.165, 1.54) is 5.56 Å². The molecule has 0 saturated carbocycles. The van der Waals surface area contributed by atoms with Crippen molar-refractivity contribution >= 4 is 17.3 Å². The number of benzene rings is 2. The van der Waals surface area contributed by atoms with Gasteiger partial charge in [-0.2, -0.15) is 5.10 Å². The molecule has 0 amide bonds. The Kier molecular flexibility index (Phi) is 2.67. The zero-order valence-electron chi connectivity index (χ0n) is 10.8. The molecule has 2 aliphatic heterocycles. The normalized spacial score (nSPS) is 19.9. The molecule has 20 heavy (non-hydrogen) atoms. The van der Waals surface area contributed by atoms with Gasteiger partial charge in [0.2, 0.25) is 0 Å². The number of nitrogens with zero attached hydrogens (tertiary/aromatic N) is 2. The van der Waals surface area contributed by atoms with E-state index >= 15 is 0 Å². The van der Waals surface area contributed by atoms with E-state index in [1.807, 2.05) is 47.5 Å². The molecule has 0 aromatic heterocycles. The van der Waals surface area contributed by atoms with Crippen molar-refractivity contribution in [1.82, 2.24) is 5.01 Å². The summed E-state index contributed by atoms with van der Waals surface area (Å²) in [6, 6.07) is 16.3. The highest BCUT2D eigenvalue weighted by Gasteiger charge is 2.33. The molecule has 4 heteroatoms. The van der Waals surface area contributed by atoms with E-state index < -0.39 is 0 Å². The number of ether oxygens (including phenoxy) is 1. The van der Waals surface area contributed by atoms with Crippen LogP contribution >= 0.6 is 11.6 Å². The first kappa shape index (κ1) is 11.8. The van der Waals surface area contributed by atoms with Crippen molar-refractivity contribution < 1.29 is 4.74 Å². The minimum Gasteiger partial charge on any atom is -0.471 e. The summed E-state index contributed by atoms with van der Waals surface area (Å²) < 4.78 is 5.74. The van der Waals surface area contributed by atoms with E-state index in [2.05, 4.69) is 6.07 Å². The second kappa shape index (κ2) is 4.53. The minimum absolute atomic E-state index is 0.283. The maximum Gasteiger partial charge on any atom is 0.177 e. The Bertz CT molecular complexity index is 681. The van der Waals surface area contributed by atoms with E-state index in [4.69, 9.17) is 21.4 Å². The summed E-state index contributed by atoms with van der Waals surface area (Å²) in [5, 5.41) is 7.46. The van der Waals surface area contributed by atoms with Crippen LogP contribution in [0.5, 0.6) is 5.75 Å². The van der Waals surface area contributed by atoms with Crippen LogP contribution in [0, 0.1) is 0 Å². The number of hydrogen-bond donors (Lipinski definition) is 0. The lowest BCUT2D eigenvalue weighted by molar-refractivity contribution is 0.0750. The van der Waals surface area contributed by atoms with Crippen molar-refractivity contribution in [3.63, 3.8) is 0 Å². The highest BCUT2D eigenvalue weighted by Crippen LogP contribution is 2.40. The largest absolute Gasteiger partial charge is 0.471 e. The van der Waals surface area contributed by atoms with Crippen LogP contribution in [0.3, 0.4) is 0 Å². The van der Waals surface area contributed by atoms with Crippen LogP contribution in [0.15, 0.2) is 53.6 Å². The second-order valence-corrected chi connectivity index (χ2v) is 5.46. The fourth-order valence-corrected chi connectivity index (χ4v) is 2.91. The molecule has 0 aliphatic carbocycles. The Morgan fingerprint density at radius 1 is 1.10 bits per heavy atom. The summed E-state index contributed by atoms with van der Waals surface area (Å²) in [5.74, 6) is 0.973. The van der Waals surface area contributed by atoms with E-state index in [1.54, 1.807) is 0 Å². The van der Waals surface area contributed by atoms with Crippen molar-refractivity contribution in [3.05, 3.63) is 64.7 Å². The summed E-state index contributed by atoms with van der Waals surface area (Å²) >= 11 is 5.94. The lowest BCUT2D eigenvalue weighted by atomic mass is 9.97. The molecule has 4 rings (SSSR count). The lowest BCUT2D eigenvalue weighted by Crippen LogP contribution is -2.29. The van der Waals surface area contributed by atoms with Crippen LogP contribution in [-0.2, 0) is 0 Å². The van der Waals surface area contributed by atoms with Crippen molar-refractivity contribution in [1.29, 1.82) is 0 Å². The van der Waals surface area contributed by atoms with Gasteiger partial charge in [0.15, 0.2) is 6.73 Å². The van der Waals surface area contributed by atoms with Crippen LogP contribution in [0.4, 0.5) is 0 Å². The predicted octanol–water partition coefficient (Wildman–Crippen LogP) is 3.84. The first-order chi connectivity index (χ1) is 9.81. The Hall–Kier alpha value is -2.00. The third-order valence-corrected chi connectivity index (χ3v) is 4.06. The minimum atomic E-state index is 0.283. The number of halogens is 1. The molecule has 0 N–H and O–H groups in total. The highest BCUT2D eigenvalue weighted by molar-refractivity contribution is 6.30.